The van der Waals surface area contributed by atoms with Gasteiger partial charge < -0.3 is 0 Å². The second kappa shape index (κ2) is 25.1. The summed E-state index contributed by atoms with van der Waals surface area (Å²) < 4.78 is 0. The fraction of sp³-hybridized carbons (Fsp3) is 0. The number of aromatic nitrogens is 6. The molecule has 15 rings (SSSR count). The van der Waals surface area contributed by atoms with E-state index in [9.17, 15) is 5.26 Å². The van der Waals surface area contributed by atoms with E-state index < -0.39 is 0 Å². The molecule has 0 atom stereocenters. The van der Waals surface area contributed by atoms with Crippen LogP contribution in [0.5, 0.6) is 0 Å². The van der Waals surface area contributed by atoms with Crippen molar-refractivity contribution in [2.45, 2.75) is 0 Å². The van der Waals surface area contributed by atoms with Gasteiger partial charge in [0.1, 0.15) is 0 Å². The predicted octanol–water partition coefficient (Wildman–Crippen LogP) is 20.1. The second-order valence-electron chi connectivity index (χ2n) is 21.6. The molecule has 0 aliphatic heterocycles. The summed E-state index contributed by atoms with van der Waals surface area (Å²) in [6.45, 7) is 0. The quantitative estimate of drug-likeness (QED) is 0.125. The maximum absolute atomic E-state index is 9.22. The summed E-state index contributed by atoms with van der Waals surface area (Å²) in [6.07, 6.45) is 0. The van der Waals surface area contributed by atoms with Gasteiger partial charge in [0.2, 0.25) is 0 Å². The largest absolute Gasteiger partial charge is 0.208 e. The van der Waals surface area contributed by atoms with Crippen LogP contribution in [-0.4, -0.2) is 29.9 Å². The van der Waals surface area contributed by atoms with Crippen molar-refractivity contribution in [1.29, 1.82) is 10.5 Å². The molecule has 0 spiro atoms. The van der Waals surface area contributed by atoms with E-state index in [1.165, 1.54) is 21.9 Å². The van der Waals surface area contributed by atoms with E-state index in [4.69, 9.17) is 35.2 Å². The molecule has 0 bridgehead atoms. The van der Waals surface area contributed by atoms with E-state index >= 15 is 0 Å². The summed E-state index contributed by atoms with van der Waals surface area (Å²) in [5.74, 6) is 3.84. The highest BCUT2D eigenvalue weighted by Crippen LogP contribution is 2.40. The van der Waals surface area contributed by atoms with Crippen molar-refractivity contribution < 1.29 is 0 Å². The van der Waals surface area contributed by atoms with Gasteiger partial charge in [-0.15, -0.1) is 0 Å². The Morgan fingerprint density at radius 3 is 0.722 bits per heavy atom. The van der Waals surface area contributed by atoms with Crippen LogP contribution in [0.1, 0.15) is 11.1 Å². The normalized spacial score (nSPS) is 10.9. The molecule has 8 nitrogen and oxygen atoms in total. The Morgan fingerprint density at radius 1 is 0.178 bits per heavy atom. The van der Waals surface area contributed by atoms with E-state index in [1.54, 1.807) is 0 Å². The molecule has 0 saturated heterocycles. The van der Waals surface area contributed by atoms with Gasteiger partial charge in [0.15, 0.2) is 34.9 Å². The minimum absolute atomic E-state index is 0.628. The van der Waals surface area contributed by atoms with Gasteiger partial charge in [-0.05, 0) is 108 Å². The topological polar surface area (TPSA) is 125 Å². The third-order valence-electron chi connectivity index (χ3n) is 16.0. The summed E-state index contributed by atoms with van der Waals surface area (Å²) in [5, 5.41) is 23.1. The number of hydrogen-bond donors (Lipinski definition) is 0. The molecule has 420 valence electrons. The zero-order valence-corrected chi connectivity index (χ0v) is 48.6. The van der Waals surface area contributed by atoms with Gasteiger partial charge in [0.05, 0.1) is 23.3 Å². The molecule has 0 aliphatic carbocycles. The molecule has 13 aromatic carbocycles. The summed E-state index contributed by atoms with van der Waals surface area (Å²) in [4.78, 5) is 29.3. The molecule has 90 heavy (non-hydrogen) atoms. The highest BCUT2D eigenvalue weighted by Gasteiger charge is 2.17. The van der Waals surface area contributed by atoms with Crippen LogP contribution >= 0.6 is 0 Å². The Labute approximate surface area is 521 Å². The van der Waals surface area contributed by atoms with Gasteiger partial charge in [-0.1, -0.05) is 285 Å². The van der Waals surface area contributed by atoms with Crippen molar-refractivity contribution in [3.63, 3.8) is 0 Å². The van der Waals surface area contributed by atoms with Crippen molar-refractivity contribution in [1.82, 2.24) is 29.9 Å². The van der Waals surface area contributed by atoms with Crippen LogP contribution in [0.3, 0.4) is 0 Å². The Kier molecular flexibility index (Phi) is 15.4. The molecule has 0 fully saturated rings. The lowest BCUT2D eigenvalue weighted by Gasteiger charge is -2.13. The first-order chi connectivity index (χ1) is 44.5. The predicted molar refractivity (Wildman–Crippen MR) is 364 cm³/mol. The van der Waals surface area contributed by atoms with Crippen molar-refractivity contribution in [3.8, 4) is 136 Å². The SMILES string of the molecule is N#Cc1ccc(-c2ccc(-c3ccc(-c4ccc(-c5nc(-c6ccccc6)nc(-c6ccccc6)n5)cc4)c4ccccc34)cc2)cc1.N#Cc1ccc(-c2ccc(-c3cccc(-c4nc(-c5ccccc5)nc(-c5ccccc5)n4)c3)c3ccccc23)cc1. The molecular weight excluding hydrogens is 1100 g/mol. The lowest BCUT2D eigenvalue weighted by molar-refractivity contribution is 1.07. The maximum Gasteiger partial charge on any atom is 0.164 e. The summed E-state index contributed by atoms with van der Waals surface area (Å²) in [5.41, 5.74) is 18.2. The first kappa shape index (κ1) is 55.3. The van der Waals surface area contributed by atoms with Gasteiger partial charge in [-0.2, -0.15) is 10.5 Å². The van der Waals surface area contributed by atoms with E-state index in [2.05, 4.69) is 158 Å². The summed E-state index contributed by atoms with van der Waals surface area (Å²) in [7, 11) is 0. The number of nitriles is 2. The van der Waals surface area contributed by atoms with Crippen LogP contribution in [0.4, 0.5) is 0 Å². The third-order valence-corrected chi connectivity index (χ3v) is 16.0. The zero-order chi connectivity index (χ0) is 60.6. The van der Waals surface area contributed by atoms with E-state index in [1.807, 2.05) is 170 Å². The lowest BCUT2D eigenvalue weighted by Crippen LogP contribution is -2.00. The molecule has 8 heteroatoms. The van der Waals surface area contributed by atoms with Gasteiger partial charge in [-0.25, -0.2) is 29.9 Å². The molecule has 2 aromatic heterocycles. The van der Waals surface area contributed by atoms with Gasteiger partial charge >= 0.3 is 0 Å². The van der Waals surface area contributed by atoms with Crippen molar-refractivity contribution in [3.05, 3.63) is 327 Å². The first-order valence-corrected chi connectivity index (χ1v) is 29.6. The smallest absolute Gasteiger partial charge is 0.164 e. The fourth-order valence-electron chi connectivity index (χ4n) is 11.4. The van der Waals surface area contributed by atoms with Crippen molar-refractivity contribution >= 4 is 21.5 Å². The zero-order valence-electron chi connectivity index (χ0n) is 48.6. The van der Waals surface area contributed by atoms with E-state index in [0.29, 0.717) is 46.1 Å². The van der Waals surface area contributed by atoms with Crippen LogP contribution in [0.2, 0.25) is 0 Å². The fourth-order valence-corrected chi connectivity index (χ4v) is 11.4. The molecule has 0 unspecified atom stereocenters. The van der Waals surface area contributed by atoms with Gasteiger partial charge in [0, 0.05) is 33.4 Å². The van der Waals surface area contributed by atoms with Crippen LogP contribution in [-0.2, 0) is 0 Å². The molecular formula is C82H52N8. The minimum atomic E-state index is 0.628. The van der Waals surface area contributed by atoms with Gasteiger partial charge in [-0.3, -0.25) is 0 Å². The van der Waals surface area contributed by atoms with E-state index in [0.717, 1.165) is 88.7 Å². The first-order valence-electron chi connectivity index (χ1n) is 29.6. The Hall–Kier alpha value is -12.6. The average Bonchev–Trinajstić information content (AvgIpc) is 1.67. The van der Waals surface area contributed by atoms with Crippen molar-refractivity contribution in [2.24, 2.45) is 0 Å². The molecule has 0 N–H and O–H groups in total. The molecule has 15 aromatic rings. The molecule has 0 amide bonds. The van der Waals surface area contributed by atoms with Crippen LogP contribution in [0, 0.1) is 22.7 Å². The number of benzene rings is 13. The molecule has 2 heterocycles. The lowest BCUT2D eigenvalue weighted by atomic mass is 9.91. The van der Waals surface area contributed by atoms with Crippen LogP contribution in [0.15, 0.2) is 315 Å². The average molecular weight is 1150 g/mol. The third kappa shape index (κ3) is 11.6. The standard InChI is InChI=1S/C44H28N4.C38H24N4/c45-29-30-15-17-31(18-16-30)32-19-21-33(22-20-32)38-27-28-39(41-14-8-7-13-40(38)41)34-23-25-37(26-24-34)44-47-42(35-9-3-1-4-10-35)46-43(48-44)36-11-5-2-6-12-36;39-25-26-18-20-27(21-19-26)32-22-23-33(35-17-8-7-16-34(32)35)30-14-9-15-31(24-30)38-41-36(28-10-3-1-4-11-28)40-37(42-38)29-12-5-2-6-13-29/h1-28H;1-24H. The summed E-state index contributed by atoms with van der Waals surface area (Å²) >= 11 is 0. The van der Waals surface area contributed by atoms with Gasteiger partial charge in [0.25, 0.3) is 0 Å². The monoisotopic (exact) mass is 1150 g/mol. The highest BCUT2D eigenvalue weighted by molar-refractivity contribution is 6.06. The molecule has 0 aliphatic rings. The number of fused-ring (bicyclic) bond motifs is 2. The van der Waals surface area contributed by atoms with Crippen LogP contribution < -0.4 is 0 Å². The second-order valence-corrected chi connectivity index (χ2v) is 21.6. The summed E-state index contributed by atoms with van der Waals surface area (Å²) in [6, 6.07) is 111. The van der Waals surface area contributed by atoms with E-state index in [-0.39, 0.29) is 0 Å². The van der Waals surface area contributed by atoms with Crippen molar-refractivity contribution in [2.75, 3.05) is 0 Å². The highest BCUT2D eigenvalue weighted by atomic mass is 15.0. The number of rotatable bonds is 11. The van der Waals surface area contributed by atoms with Crippen LogP contribution in [0.25, 0.3) is 146 Å². The number of nitrogens with zero attached hydrogens (tertiary/aromatic N) is 8. The Bertz CT molecular complexity index is 5030. The Morgan fingerprint density at radius 2 is 0.400 bits per heavy atom. The minimum Gasteiger partial charge on any atom is -0.208 e. The molecule has 0 radical (unpaired) electrons. The maximum atomic E-state index is 9.22. The molecule has 0 saturated carbocycles. The number of hydrogen-bond acceptors (Lipinski definition) is 8. The Balaban J connectivity index is 0.000000159.